The largest absolute Gasteiger partial charge is 0.483 e. The van der Waals surface area contributed by atoms with E-state index < -0.39 is 9.84 Å². The first-order valence-corrected chi connectivity index (χ1v) is 13.9. The molecule has 0 spiro atoms. The van der Waals surface area contributed by atoms with E-state index in [9.17, 15) is 13.2 Å². The summed E-state index contributed by atoms with van der Waals surface area (Å²) in [4.78, 5) is 14.9. The molecule has 1 heterocycles. The van der Waals surface area contributed by atoms with E-state index in [4.69, 9.17) is 27.9 Å². The Morgan fingerprint density at radius 3 is 2.31 bits per heavy atom. The zero-order valence-electron chi connectivity index (χ0n) is 19.6. The minimum absolute atomic E-state index is 0.0272. The van der Waals surface area contributed by atoms with E-state index in [-0.39, 0.29) is 30.1 Å². The van der Waals surface area contributed by atoms with Crippen molar-refractivity contribution in [3.8, 4) is 16.9 Å². The van der Waals surface area contributed by atoms with Crippen LogP contribution in [0.3, 0.4) is 0 Å². The molecule has 1 saturated heterocycles. The number of hydrogen-bond donors (Lipinski definition) is 0. The minimum atomic E-state index is -3.16. The zero-order chi connectivity index (χ0) is 25.2. The number of ether oxygens (including phenoxy) is 1. The third-order valence-corrected chi connectivity index (χ3v) is 8.57. The van der Waals surface area contributed by atoms with Gasteiger partial charge in [0.2, 0.25) is 0 Å². The van der Waals surface area contributed by atoms with E-state index in [0.29, 0.717) is 28.8 Å². The third kappa shape index (κ3) is 6.18. The highest BCUT2D eigenvalue weighted by atomic mass is 35.5. The van der Waals surface area contributed by atoms with Gasteiger partial charge in [-0.1, -0.05) is 71.7 Å². The lowest BCUT2D eigenvalue weighted by Gasteiger charge is -2.29. The monoisotopic (exact) mass is 531 g/mol. The van der Waals surface area contributed by atoms with Crippen molar-refractivity contribution in [1.29, 1.82) is 0 Å². The highest BCUT2D eigenvalue weighted by molar-refractivity contribution is 7.91. The van der Waals surface area contributed by atoms with Crippen molar-refractivity contribution >= 4 is 38.9 Å². The number of halogens is 2. The van der Waals surface area contributed by atoms with Gasteiger partial charge < -0.3 is 9.64 Å². The standard InChI is InChI=1S/C27H27Cl2NO4S/c1-18-4-3-5-19(2)27(18)34-16-26(31)30(23-12-13-35(32,33)17-23)15-20-6-8-21(9-7-20)24-11-10-22(28)14-25(24)29/h3-11,14,23H,12-13,15-17H2,1-2H3. The quantitative estimate of drug-likeness (QED) is 0.382. The van der Waals surface area contributed by atoms with E-state index in [1.165, 1.54) is 0 Å². The molecule has 0 radical (unpaired) electrons. The van der Waals surface area contributed by atoms with E-state index in [1.54, 1.807) is 17.0 Å². The van der Waals surface area contributed by atoms with Gasteiger partial charge in [0.1, 0.15) is 5.75 Å². The highest BCUT2D eigenvalue weighted by Gasteiger charge is 2.35. The fraction of sp³-hybridized carbons (Fsp3) is 0.296. The van der Waals surface area contributed by atoms with Gasteiger partial charge in [0, 0.05) is 28.2 Å². The molecule has 1 aliphatic heterocycles. The molecule has 1 aliphatic rings. The van der Waals surface area contributed by atoms with Crippen LogP contribution in [0.2, 0.25) is 10.0 Å². The molecule has 3 aromatic carbocycles. The number of carbonyl (C=O) groups is 1. The third-order valence-electron chi connectivity index (χ3n) is 6.27. The van der Waals surface area contributed by atoms with Crippen molar-refractivity contribution in [3.05, 3.63) is 87.4 Å². The molecular weight excluding hydrogens is 505 g/mol. The van der Waals surface area contributed by atoms with Crippen LogP contribution in [0.5, 0.6) is 5.75 Å². The summed E-state index contributed by atoms with van der Waals surface area (Å²) in [5.41, 5.74) is 4.58. The van der Waals surface area contributed by atoms with Crippen LogP contribution >= 0.6 is 23.2 Å². The van der Waals surface area contributed by atoms with E-state index in [2.05, 4.69) is 0 Å². The minimum Gasteiger partial charge on any atom is -0.483 e. The van der Waals surface area contributed by atoms with Gasteiger partial charge in [-0.3, -0.25) is 4.79 Å². The summed E-state index contributed by atoms with van der Waals surface area (Å²) in [6.45, 7) is 4.01. The number of aryl methyl sites for hydroxylation is 2. The molecule has 1 atom stereocenters. The maximum Gasteiger partial charge on any atom is 0.261 e. The fourth-order valence-corrected chi connectivity index (χ4v) is 6.64. The summed E-state index contributed by atoms with van der Waals surface area (Å²) >= 11 is 12.3. The summed E-state index contributed by atoms with van der Waals surface area (Å²) in [5, 5.41) is 1.13. The number of nitrogens with zero attached hydrogens (tertiary/aromatic N) is 1. The first kappa shape index (κ1) is 25.5. The van der Waals surface area contributed by atoms with Gasteiger partial charge in [-0.05, 0) is 54.7 Å². The van der Waals surface area contributed by atoms with Gasteiger partial charge in [0.05, 0.1) is 11.5 Å². The Bertz CT molecular complexity index is 1320. The van der Waals surface area contributed by atoms with Crippen LogP contribution in [0.25, 0.3) is 11.1 Å². The van der Waals surface area contributed by atoms with Gasteiger partial charge >= 0.3 is 0 Å². The van der Waals surface area contributed by atoms with Crippen molar-refractivity contribution in [1.82, 2.24) is 4.90 Å². The molecular formula is C27H27Cl2NO4S. The first-order valence-electron chi connectivity index (χ1n) is 11.4. The second kappa shape index (κ2) is 10.6. The molecule has 0 bridgehead atoms. The normalized spacial score (nSPS) is 16.7. The molecule has 1 fully saturated rings. The van der Waals surface area contributed by atoms with E-state index in [0.717, 1.165) is 27.8 Å². The fourth-order valence-electron chi connectivity index (χ4n) is 4.40. The van der Waals surface area contributed by atoms with Crippen LogP contribution < -0.4 is 4.74 Å². The second-order valence-electron chi connectivity index (χ2n) is 8.91. The summed E-state index contributed by atoms with van der Waals surface area (Å²) < 4.78 is 30.2. The van der Waals surface area contributed by atoms with Gasteiger partial charge in [-0.25, -0.2) is 8.42 Å². The molecule has 1 amide bonds. The summed E-state index contributed by atoms with van der Waals surface area (Å²) in [5.74, 6) is 0.511. The SMILES string of the molecule is Cc1cccc(C)c1OCC(=O)N(Cc1ccc(-c2ccc(Cl)cc2Cl)cc1)C1CCS(=O)(=O)C1. The maximum atomic E-state index is 13.3. The summed E-state index contributed by atoms with van der Waals surface area (Å²) in [6.07, 6.45) is 0.427. The molecule has 0 aliphatic carbocycles. The molecule has 0 saturated carbocycles. The Labute approximate surface area is 216 Å². The molecule has 3 aromatic rings. The molecule has 35 heavy (non-hydrogen) atoms. The van der Waals surface area contributed by atoms with E-state index in [1.807, 2.05) is 62.4 Å². The van der Waals surface area contributed by atoms with Crippen LogP contribution in [0, 0.1) is 13.8 Å². The van der Waals surface area contributed by atoms with Gasteiger partial charge in [0.15, 0.2) is 16.4 Å². The second-order valence-corrected chi connectivity index (χ2v) is 12.0. The molecule has 5 nitrogen and oxygen atoms in total. The predicted molar refractivity (Wildman–Crippen MR) is 141 cm³/mol. The number of benzene rings is 3. The molecule has 8 heteroatoms. The Hall–Kier alpha value is -2.54. The number of sulfone groups is 1. The number of para-hydroxylation sites is 1. The van der Waals surface area contributed by atoms with Crippen molar-refractivity contribution in [2.24, 2.45) is 0 Å². The average Bonchev–Trinajstić information content (AvgIpc) is 3.17. The lowest BCUT2D eigenvalue weighted by atomic mass is 10.0. The Morgan fingerprint density at radius 1 is 1.03 bits per heavy atom. The molecule has 184 valence electrons. The Morgan fingerprint density at radius 2 is 1.71 bits per heavy atom. The van der Waals surface area contributed by atoms with Crippen molar-refractivity contribution in [2.45, 2.75) is 32.9 Å². The Balaban J connectivity index is 1.53. The van der Waals surface area contributed by atoms with Gasteiger partial charge in [0.25, 0.3) is 5.91 Å². The van der Waals surface area contributed by atoms with Crippen molar-refractivity contribution in [2.75, 3.05) is 18.1 Å². The smallest absolute Gasteiger partial charge is 0.261 e. The number of carbonyl (C=O) groups excluding carboxylic acids is 1. The maximum absolute atomic E-state index is 13.3. The highest BCUT2D eigenvalue weighted by Crippen LogP contribution is 2.31. The van der Waals surface area contributed by atoms with Crippen LogP contribution in [0.15, 0.2) is 60.7 Å². The number of amides is 1. The van der Waals surface area contributed by atoms with Crippen LogP contribution in [0.1, 0.15) is 23.1 Å². The van der Waals surface area contributed by atoms with Crippen molar-refractivity contribution in [3.63, 3.8) is 0 Å². The average molecular weight is 532 g/mol. The van der Waals surface area contributed by atoms with Crippen molar-refractivity contribution < 1.29 is 17.9 Å². The van der Waals surface area contributed by atoms with E-state index >= 15 is 0 Å². The van der Waals surface area contributed by atoms with Crippen LogP contribution in [-0.2, 0) is 21.2 Å². The van der Waals surface area contributed by atoms with Gasteiger partial charge in [-0.2, -0.15) is 0 Å². The van der Waals surface area contributed by atoms with Crippen LogP contribution in [-0.4, -0.2) is 43.4 Å². The molecule has 0 aromatic heterocycles. The van der Waals surface area contributed by atoms with Crippen LogP contribution in [0.4, 0.5) is 0 Å². The van der Waals surface area contributed by atoms with Gasteiger partial charge in [-0.15, -0.1) is 0 Å². The molecule has 1 unspecified atom stereocenters. The summed E-state index contributed by atoms with van der Waals surface area (Å²) in [7, 11) is -3.16. The lowest BCUT2D eigenvalue weighted by Crippen LogP contribution is -2.43. The molecule has 4 rings (SSSR count). The number of rotatable bonds is 7. The molecule has 0 N–H and O–H groups in total. The topological polar surface area (TPSA) is 63.7 Å². The predicted octanol–water partition coefficient (Wildman–Crippen LogP) is 5.87. The zero-order valence-corrected chi connectivity index (χ0v) is 22.0. The first-order chi connectivity index (χ1) is 16.6. The number of hydrogen-bond acceptors (Lipinski definition) is 4. The summed E-state index contributed by atoms with van der Waals surface area (Å²) in [6, 6.07) is 18.5. The Kier molecular flexibility index (Phi) is 7.74. The lowest BCUT2D eigenvalue weighted by molar-refractivity contribution is -0.136.